The fourth-order valence-electron chi connectivity index (χ4n) is 2.62. The van der Waals surface area contributed by atoms with Gasteiger partial charge in [-0.05, 0) is 42.3 Å². The average Bonchev–Trinajstić information content (AvgIpc) is 2.66. The van der Waals surface area contributed by atoms with Gasteiger partial charge in [0.2, 0.25) is 5.91 Å². The molecule has 8 heteroatoms. The Kier molecular flexibility index (Phi) is 7.96. The molecule has 29 heavy (non-hydrogen) atoms. The summed E-state index contributed by atoms with van der Waals surface area (Å²) < 4.78 is 33.3. The minimum atomic E-state index is -0.984. The second-order valence-electron chi connectivity index (χ2n) is 6.85. The number of halogens is 3. The highest BCUT2D eigenvalue weighted by atomic mass is 35.5. The van der Waals surface area contributed by atoms with E-state index < -0.39 is 29.1 Å². The minimum Gasteiger partial charge on any atom is -0.492 e. The first-order chi connectivity index (χ1) is 13.7. The molecule has 2 rings (SSSR count). The van der Waals surface area contributed by atoms with Crippen molar-refractivity contribution in [1.82, 2.24) is 10.2 Å². The summed E-state index contributed by atoms with van der Waals surface area (Å²) in [6.45, 7) is 3.95. The van der Waals surface area contributed by atoms with Crippen molar-refractivity contribution < 1.29 is 23.1 Å². The first-order valence-electron chi connectivity index (χ1n) is 9.09. The molecule has 0 fully saturated rings. The predicted molar refractivity (Wildman–Crippen MR) is 107 cm³/mol. The molecule has 1 atom stereocenters. The molecule has 0 spiro atoms. The summed E-state index contributed by atoms with van der Waals surface area (Å²) in [6, 6.07) is 9.02. The summed E-state index contributed by atoms with van der Waals surface area (Å²) in [5.41, 5.74) is -0.709. The van der Waals surface area contributed by atoms with Crippen molar-refractivity contribution in [3.8, 4) is 5.75 Å². The Morgan fingerprint density at radius 3 is 2.24 bits per heavy atom. The number of hydrogen-bond acceptors (Lipinski definition) is 3. The molecule has 156 valence electrons. The van der Waals surface area contributed by atoms with Gasteiger partial charge < -0.3 is 15.0 Å². The number of hydrogen-bond donors (Lipinski definition) is 1. The van der Waals surface area contributed by atoms with Crippen molar-refractivity contribution in [1.29, 1.82) is 0 Å². The van der Waals surface area contributed by atoms with Crippen LogP contribution >= 0.6 is 11.6 Å². The van der Waals surface area contributed by atoms with Crippen LogP contribution in [0.1, 0.15) is 24.2 Å². The molecule has 0 saturated heterocycles. The van der Waals surface area contributed by atoms with Crippen LogP contribution in [-0.4, -0.2) is 43.0 Å². The first kappa shape index (κ1) is 22.6. The Morgan fingerprint density at radius 1 is 1.10 bits per heavy atom. The third-order valence-corrected chi connectivity index (χ3v) is 4.55. The highest BCUT2D eigenvalue weighted by molar-refractivity contribution is 6.30. The Labute approximate surface area is 173 Å². The van der Waals surface area contributed by atoms with Crippen LogP contribution < -0.4 is 10.1 Å². The zero-order chi connectivity index (χ0) is 21.6. The predicted octanol–water partition coefficient (Wildman–Crippen LogP) is 3.91. The number of nitrogens with one attached hydrogen (secondary N) is 1. The van der Waals surface area contributed by atoms with Crippen molar-refractivity contribution in [2.75, 3.05) is 20.2 Å². The normalized spacial score (nSPS) is 11.8. The quantitative estimate of drug-likeness (QED) is 0.699. The standard InChI is InChI=1S/C21H23ClF2N2O3/c1-13(2)19(25-20(27)18-16(23)5-4-6-17(18)24)21(28)26(3)11-12-29-15-9-7-14(22)8-10-15/h4-10,13,19H,11-12H2,1-3H3,(H,25,27). The van der Waals surface area contributed by atoms with Gasteiger partial charge in [0, 0.05) is 12.1 Å². The Morgan fingerprint density at radius 2 is 1.69 bits per heavy atom. The van der Waals surface area contributed by atoms with Crippen LogP contribution in [0.2, 0.25) is 5.02 Å². The minimum absolute atomic E-state index is 0.227. The lowest BCUT2D eigenvalue weighted by molar-refractivity contribution is -0.133. The summed E-state index contributed by atoms with van der Waals surface area (Å²) in [5, 5.41) is 3.03. The molecule has 0 radical (unpaired) electrons. The van der Waals surface area contributed by atoms with E-state index in [1.165, 1.54) is 11.0 Å². The number of nitrogens with zero attached hydrogens (tertiary/aromatic N) is 1. The van der Waals surface area contributed by atoms with Crippen LogP contribution in [-0.2, 0) is 4.79 Å². The van der Waals surface area contributed by atoms with E-state index >= 15 is 0 Å². The summed E-state index contributed by atoms with van der Waals surface area (Å²) in [5.74, 6) is -3.01. The van der Waals surface area contributed by atoms with Gasteiger partial charge in [-0.1, -0.05) is 31.5 Å². The van der Waals surface area contributed by atoms with Crippen LogP contribution in [0.15, 0.2) is 42.5 Å². The molecule has 0 aliphatic rings. The van der Waals surface area contributed by atoms with Gasteiger partial charge in [0.25, 0.3) is 5.91 Å². The monoisotopic (exact) mass is 424 g/mol. The Hall–Kier alpha value is -2.67. The molecule has 0 saturated carbocycles. The number of benzene rings is 2. The summed E-state index contributed by atoms with van der Waals surface area (Å²) in [4.78, 5) is 26.5. The molecule has 1 N–H and O–H groups in total. The molecule has 2 aromatic rings. The Balaban J connectivity index is 1.98. The summed E-state index contributed by atoms with van der Waals surface area (Å²) in [6.07, 6.45) is 0. The molecule has 2 amide bonds. The topological polar surface area (TPSA) is 58.6 Å². The summed E-state index contributed by atoms with van der Waals surface area (Å²) >= 11 is 5.82. The number of amides is 2. The molecular formula is C21H23ClF2N2O3. The second kappa shape index (κ2) is 10.2. The number of likely N-dealkylation sites (N-methyl/N-ethyl adjacent to an activating group) is 1. The smallest absolute Gasteiger partial charge is 0.257 e. The third kappa shape index (κ3) is 6.15. The van der Waals surface area contributed by atoms with Gasteiger partial charge in [-0.25, -0.2) is 8.78 Å². The third-order valence-electron chi connectivity index (χ3n) is 4.29. The molecule has 0 aliphatic carbocycles. The zero-order valence-corrected chi connectivity index (χ0v) is 17.2. The van der Waals surface area contributed by atoms with Gasteiger partial charge in [-0.15, -0.1) is 0 Å². The van der Waals surface area contributed by atoms with Crippen LogP contribution in [0, 0.1) is 17.6 Å². The van der Waals surface area contributed by atoms with E-state index in [4.69, 9.17) is 16.3 Å². The van der Waals surface area contributed by atoms with Crippen molar-refractivity contribution in [3.05, 3.63) is 64.7 Å². The van der Waals surface area contributed by atoms with Crippen LogP contribution in [0.5, 0.6) is 5.75 Å². The number of ether oxygens (including phenoxy) is 1. The molecular weight excluding hydrogens is 402 g/mol. The average molecular weight is 425 g/mol. The van der Waals surface area contributed by atoms with Crippen molar-refractivity contribution in [3.63, 3.8) is 0 Å². The lowest BCUT2D eigenvalue weighted by atomic mass is 10.0. The molecule has 0 heterocycles. The van der Waals surface area contributed by atoms with E-state index in [0.29, 0.717) is 10.8 Å². The maximum absolute atomic E-state index is 13.8. The highest BCUT2D eigenvalue weighted by Crippen LogP contribution is 2.16. The van der Waals surface area contributed by atoms with E-state index in [9.17, 15) is 18.4 Å². The van der Waals surface area contributed by atoms with Gasteiger partial charge in [0.05, 0.1) is 6.54 Å². The maximum atomic E-state index is 13.8. The van der Waals surface area contributed by atoms with Crippen molar-refractivity contribution >= 4 is 23.4 Å². The molecule has 2 aromatic carbocycles. The summed E-state index contributed by atoms with van der Waals surface area (Å²) in [7, 11) is 1.57. The molecule has 0 bridgehead atoms. The van der Waals surface area contributed by atoms with E-state index in [-0.39, 0.29) is 25.0 Å². The van der Waals surface area contributed by atoms with E-state index in [1.54, 1.807) is 45.2 Å². The fraction of sp³-hybridized carbons (Fsp3) is 0.333. The molecule has 0 aromatic heterocycles. The number of carbonyl (C=O) groups excluding carboxylic acids is 2. The van der Waals surface area contributed by atoms with Crippen LogP contribution in [0.25, 0.3) is 0 Å². The molecule has 5 nitrogen and oxygen atoms in total. The number of rotatable bonds is 8. The SMILES string of the molecule is CC(C)C(NC(=O)c1c(F)cccc1F)C(=O)N(C)CCOc1ccc(Cl)cc1. The first-order valence-corrected chi connectivity index (χ1v) is 9.46. The van der Waals surface area contributed by atoms with Crippen LogP contribution in [0.4, 0.5) is 8.78 Å². The fourth-order valence-corrected chi connectivity index (χ4v) is 2.75. The van der Waals surface area contributed by atoms with Crippen LogP contribution in [0.3, 0.4) is 0 Å². The van der Waals surface area contributed by atoms with E-state index in [0.717, 1.165) is 12.1 Å². The van der Waals surface area contributed by atoms with Gasteiger partial charge in [0.1, 0.15) is 35.6 Å². The Bertz CT molecular complexity index is 839. The maximum Gasteiger partial charge on any atom is 0.257 e. The zero-order valence-electron chi connectivity index (χ0n) is 16.4. The lowest BCUT2D eigenvalue weighted by Crippen LogP contribution is -2.51. The largest absolute Gasteiger partial charge is 0.492 e. The lowest BCUT2D eigenvalue weighted by Gasteiger charge is -2.27. The van der Waals surface area contributed by atoms with Crippen molar-refractivity contribution in [2.24, 2.45) is 5.92 Å². The van der Waals surface area contributed by atoms with Gasteiger partial charge in [0.15, 0.2) is 0 Å². The second-order valence-corrected chi connectivity index (χ2v) is 7.29. The highest BCUT2D eigenvalue weighted by Gasteiger charge is 2.29. The van der Waals surface area contributed by atoms with Gasteiger partial charge in [-0.2, -0.15) is 0 Å². The molecule has 1 unspecified atom stereocenters. The number of carbonyl (C=O) groups is 2. The van der Waals surface area contributed by atoms with Gasteiger partial charge in [-0.3, -0.25) is 9.59 Å². The van der Waals surface area contributed by atoms with E-state index in [2.05, 4.69) is 5.32 Å². The molecule has 0 aliphatic heterocycles. The van der Waals surface area contributed by atoms with Gasteiger partial charge >= 0.3 is 0 Å². The van der Waals surface area contributed by atoms with Crippen molar-refractivity contribution in [2.45, 2.75) is 19.9 Å². The van der Waals surface area contributed by atoms with E-state index in [1.807, 2.05) is 0 Å².